The molecule has 25 heteroatoms. The summed E-state index contributed by atoms with van der Waals surface area (Å²) in [7, 11) is -9.70. The number of fused-ring (bicyclic) bond motifs is 1. The van der Waals surface area contributed by atoms with Crippen LogP contribution in [0.15, 0.2) is 91.1 Å². The summed E-state index contributed by atoms with van der Waals surface area (Å²) in [5, 5.41) is 16.4. The SMILES string of the molecule is CC(C)(C)S(=O)(=O)CC1CCC(CCCCCCc2c(F)cccc2F)CC1.CC(C)(C)S(=O)(=O)CC1CCC(CCCCCCc2cccc(C#N)c2)CC1.CCOc1cc(CCCCCCC2CCC(CS(=O)(=O)C(C)(C)C)CC2)cc2c1C=CCO2.CNc1ccn(CCCCCCC2CCC(CS(=O)(=O)C(C)(C)C)CC2)n1.COc1cccc(CCCCCCC2CCC(CS(=O)(=O)C(C)(C)C)CC2)c1OC. The number of aromatic nitrogens is 2. The first-order chi connectivity index (χ1) is 68.9. The second kappa shape index (κ2) is 62.3. The first kappa shape index (κ1) is 127. The fourth-order valence-corrected chi connectivity index (χ4v) is 29.0. The van der Waals surface area contributed by atoms with Crippen LogP contribution in [0.25, 0.3) is 6.08 Å². The van der Waals surface area contributed by atoms with Gasteiger partial charge in [0.05, 0.1) is 90.5 Å². The molecule has 5 aliphatic carbocycles. The lowest BCUT2D eigenvalue weighted by Crippen LogP contribution is -2.34. The van der Waals surface area contributed by atoms with E-state index in [0.717, 1.165) is 192 Å². The molecule has 0 radical (unpaired) electrons. The van der Waals surface area contributed by atoms with E-state index in [2.05, 4.69) is 46.8 Å². The molecule has 0 bridgehead atoms. The first-order valence-electron chi connectivity index (χ1n) is 56.9. The smallest absolute Gasteiger partial charge is 0.163 e. The monoisotopic (exact) mass is 2130 g/mol. The lowest BCUT2D eigenvalue weighted by Gasteiger charge is -2.30. The van der Waals surface area contributed by atoms with Crippen molar-refractivity contribution in [1.29, 1.82) is 5.26 Å². The largest absolute Gasteiger partial charge is 0.493 e. The van der Waals surface area contributed by atoms with Gasteiger partial charge in [-0.1, -0.05) is 223 Å². The van der Waals surface area contributed by atoms with E-state index in [9.17, 15) is 50.9 Å². The second-order valence-electron chi connectivity index (χ2n) is 48.9. The van der Waals surface area contributed by atoms with Crippen LogP contribution in [0.5, 0.6) is 23.0 Å². The summed E-state index contributed by atoms with van der Waals surface area (Å²) in [6, 6.07) is 26.6. The van der Waals surface area contributed by atoms with E-state index in [1.165, 1.54) is 221 Å². The molecule has 830 valence electrons. The third-order valence-electron chi connectivity index (χ3n) is 32.4. The predicted octanol–water partition coefficient (Wildman–Crippen LogP) is 30.7. The summed E-state index contributed by atoms with van der Waals surface area (Å²) in [5.74, 6) is 11.1. The van der Waals surface area contributed by atoms with Gasteiger partial charge in [0, 0.05) is 31.4 Å². The van der Waals surface area contributed by atoms with Gasteiger partial charge in [-0.2, -0.15) is 10.4 Å². The molecule has 5 aromatic rings. The Balaban J connectivity index is 0.000000248. The number of methoxy groups -OCH3 is 2. The van der Waals surface area contributed by atoms with Gasteiger partial charge >= 0.3 is 0 Å². The second-order valence-corrected chi connectivity index (χ2v) is 62.9. The van der Waals surface area contributed by atoms with Crippen molar-refractivity contribution in [2.75, 3.05) is 68.6 Å². The van der Waals surface area contributed by atoms with Gasteiger partial charge in [0.2, 0.25) is 0 Å². The molecular weight excluding hydrogens is 1930 g/mol. The maximum Gasteiger partial charge on any atom is 0.163 e. The molecule has 1 aliphatic heterocycles. The van der Waals surface area contributed by atoms with Crippen molar-refractivity contribution in [3.63, 3.8) is 0 Å². The molecule has 1 aromatic heterocycles. The van der Waals surface area contributed by atoms with Gasteiger partial charge in [-0.15, -0.1) is 0 Å². The lowest BCUT2D eigenvalue weighted by molar-refractivity contribution is 0.271. The first-order valence-corrected chi connectivity index (χ1v) is 65.2. The van der Waals surface area contributed by atoms with Gasteiger partial charge in [0.25, 0.3) is 0 Å². The van der Waals surface area contributed by atoms with Crippen LogP contribution in [-0.2, 0) is 81.4 Å². The fourth-order valence-electron chi connectivity index (χ4n) is 21.7. The fraction of sp³-hybridized carbons (Fsp3) is 0.752. The molecular formula is C121H198F2N4O14S5. The zero-order chi connectivity index (χ0) is 107. The molecule has 2 heterocycles. The van der Waals surface area contributed by atoms with E-state index < -0.39 is 84.6 Å². The molecule has 146 heavy (non-hydrogen) atoms. The molecule has 0 atom stereocenters. The molecule has 5 saturated carbocycles. The Morgan fingerprint density at radius 2 is 0.740 bits per heavy atom. The molecule has 0 saturated heterocycles. The molecule has 18 nitrogen and oxygen atoms in total. The van der Waals surface area contributed by atoms with Crippen molar-refractivity contribution in [3.8, 4) is 29.1 Å². The summed E-state index contributed by atoms with van der Waals surface area (Å²) >= 11 is 0. The maximum absolute atomic E-state index is 13.6. The van der Waals surface area contributed by atoms with Crippen molar-refractivity contribution >= 4 is 61.1 Å². The van der Waals surface area contributed by atoms with E-state index in [0.29, 0.717) is 83.9 Å². The van der Waals surface area contributed by atoms with Crippen LogP contribution in [0.2, 0.25) is 0 Å². The molecule has 4 aromatic carbocycles. The Hall–Kier alpha value is -6.07. The highest BCUT2D eigenvalue weighted by molar-refractivity contribution is 7.93. The summed E-state index contributed by atoms with van der Waals surface area (Å²) < 4.78 is 173. The van der Waals surface area contributed by atoms with Gasteiger partial charge in [0.15, 0.2) is 60.7 Å². The molecule has 1 N–H and O–H groups in total. The van der Waals surface area contributed by atoms with E-state index in [1.807, 2.05) is 150 Å². The normalized spacial score (nSPS) is 20.8. The van der Waals surface area contributed by atoms with Crippen LogP contribution in [0, 0.1) is 82.1 Å². The van der Waals surface area contributed by atoms with E-state index in [-0.39, 0.29) is 5.56 Å². The number of hydrogen-bond donors (Lipinski definition) is 1. The third-order valence-corrected chi connectivity index (χ3v) is 46.2. The lowest BCUT2D eigenvalue weighted by atomic mass is 9.80. The van der Waals surface area contributed by atoms with Crippen molar-refractivity contribution in [2.24, 2.45) is 59.2 Å². The molecule has 11 rings (SSSR count). The van der Waals surface area contributed by atoms with Crippen LogP contribution in [0.1, 0.15) is 433 Å². The zero-order valence-corrected chi connectivity index (χ0v) is 98.3. The van der Waals surface area contributed by atoms with Gasteiger partial charge in [-0.3, -0.25) is 4.68 Å². The minimum atomic E-state index is -3.02. The van der Waals surface area contributed by atoms with Gasteiger partial charge in [-0.05, 0) is 363 Å². The van der Waals surface area contributed by atoms with Crippen LogP contribution in [0.3, 0.4) is 0 Å². The van der Waals surface area contributed by atoms with Gasteiger partial charge < -0.3 is 24.3 Å². The summed E-state index contributed by atoms with van der Waals surface area (Å²) in [6.45, 7) is 31.5. The summed E-state index contributed by atoms with van der Waals surface area (Å²) in [5.41, 5.74) is 5.83. The summed E-state index contributed by atoms with van der Waals surface area (Å²) in [6.07, 6.45) is 62.8. The van der Waals surface area contributed by atoms with Crippen LogP contribution < -0.4 is 24.3 Å². The third kappa shape index (κ3) is 44.9. The van der Waals surface area contributed by atoms with E-state index >= 15 is 0 Å². The molecule has 0 amide bonds. The molecule has 5 fully saturated rings. The Labute approximate surface area is 888 Å². The minimum absolute atomic E-state index is 0.214. The number of nitrogens with one attached hydrogen (secondary N) is 1. The van der Waals surface area contributed by atoms with Gasteiger partial charge in [-0.25, -0.2) is 50.9 Å². The van der Waals surface area contributed by atoms with Crippen LogP contribution in [0.4, 0.5) is 14.6 Å². The molecule has 6 aliphatic rings. The highest BCUT2D eigenvalue weighted by Crippen LogP contribution is 2.43. The molecule has 0 spiro atoms. The highest BCUT2D eigenvalue weighted by atomic mass is 32.2. The quantitative estimate of drug-likeness (QED) is 0.0355. The Bertz CT molecular complexity index is 5250. The number of sulfone groups is 5. The van der Waals surface area contributed by atoms with E-state index in [4.69, 9.17) is 24.2 Å². The topological polar surface area (TPSA) is 261 Å². The standard InChI is InChI=1S/C28H44O4S.C25H42O4S.C24H37NO2S.C23H36F2O2S.C21H39N3O2S/c1-5-31-26-19-24(20-27-25(26)13-10-18-32-27)12-9-7-6-8-11-22-14-16-23(17-15-22)21-33(29,30)28(2,3)4;1-25(2,3)30(26,27)19-21-17-15-20(16-18-21)11-8-6-7-9-12-22-13-10-14-23(28-4)24(22)29-5;1-24(2,3)28(26,27)19-22-15-13-20(14-16-22)9-6-4-5-7-10-21-11-8-12-23(17-21)18-25;1-23(2,3)28(26,27)17-19-15-13-18(14-16-19)9-6-4-5-7-10-20-21(24)11-8-12-22(20)25;1-21(2,3)27(25,26)17-19-12-10-18(11-13-19)9-7-5-6-8-15-24-16-14-20(22-4)23-24/h10,13,19-20,22-23H,5-9,11-12,14-18,21H2,1-4H3;10,13-14,20-21H,6-9,11-12,15-19H2,1-5H3;8,11-12,17,20,22H,4-7,9-10,13-16,19H2,1-3H3;8,11-12,18-19H,4-7,9-10,13-17H2,1-3H3;14,16,18-19H,5-13,15,17H2,1-4H3,(H,22,23). The number of benzene rings is 4. The number of anilines is 1. The van der Waals surface area contributed by atoms with Crippen molar-refractivity contribution in [2.45, 2.75) is 456 Å². The van der Waals surface area contributed by atoms with E-state index in [1.54, 1.807) is 35.0 Å². The number of ether oxygens (including phenoxy) is 4. The maximum atomic E-state index is 13.6. The zero-order valence-electron chi connectivity index (χ0n) is 94.2. The van der Waals surface area contributed by atoms with Crippen molar-refractivity contribution < 1.29 is 69.8 Å². The molecule has 0 unspecified atom stereocenters. The Morgan fingerprint density at radius 3 is 1.09 bits per heavy atom. The highest BCUT2D eigenvalue weighted by Gasteiger charge is 2.39. The number of aryl methyl sites for hydroxylation is 4. The number of nitrogens with zero attached hydrogens (tertiary/aromatic N) is 3. The Kier molecular flexibility index (Phi) is 54.1. The number of nitriles is 1. The number of halogens is 2. The Morgan fingerprint density at radius 1 is 0.397 bits per heavy atom. The average molecular weight is 2130 g/mol. The van der Waals surface area contributed by atoms with Crippen molar-refractivity contribution in [3.05, 3.63) is 136 Å². The van der Waals surface area contributed by atoms with Crippen LogP contribution in [-0.4, -0.2) is 139 Å². The number of unbranched alkanes of at least 4 members (excludes halogenated alkanes) is 15. The number of hydrogen-bond acceptors (Lipinski definition) is 17. The minimum Gasteiger partial charge on any atom is -0.493 e. The summed E-state index contributed by atoms with van der Waals surface area (Å²) in [4.78, 5) is 0. The number of rotatable bonds is 50. The van der Waals surface area contributed by atoms with Crippen LogP contribution >= 0.6 is 0 Å². The number of para-hydroxylation sites is 1. The van der Waals surface area contributed by atoms with Crippen molar-refractivity contribution in [1.82, 2.24) is 9.78 Å². The predicted molar refractivity (Wildman–Crippen MR) is 606 cm³/mol. The average Bonchev–Trinajstić information content (AvgIpc) is 1.40. The van der Waals surface area contributed by atoms with Gasteiger partial charge in [0.1, 0.15) is 35.6 Å².